The molecule has 0 fully saturated rings. The van der Waals surface area contributed by atoms with E-state index in [0.717, 1.165) is 11.3 Å². The van der Waals surface area contributed by atoms with Crippen LogP contribution in [0.4, 0.5) is 0 Å². The molecule has 0 aliphatic carbocycles. The van der Waals surface area contributed by atoms with Crippen molar-refractivity contribution in [3.8, 4) is 5.75 Å². The first-order valence-electron chi connectivity index (χ1n) is 5.72. The van der Waals surface area contributed by atoms with Crippen molar-refractivity contribution in [2.24, 2.45) is 5.73 Å². The lowest BCUT2D eigenvalue weighted by molar-refractivity contribution is -0.171. The summed E-state index contributed by atoms with van der Waals surface area (Å²) in [7, 11) is 1.60. The normalized spacial score (nSPS) is 13.8. The third-order valence-electron chi connectivity index (χ3n) is 2.38. The van der Waals surface area contributed by atoms with Crippen LogP contribution in [0.2, 0.25) is 0 Å². The summed E-state index contributed by atoms with van der Waals surface area (Å²) < 4.78 is 15.2. The van der Waals surface area contributed by atoms with Crippen molar-refractivity contribution in [1.82, 2.24) is 0 Å². The molecule has 0 radical (unpaired) electrons. The molecule has 0 aliphatic rings. The Bertz CT molecular complexity index is 386. The Morgan fingerprint density at radius 1 is 1.33 bits per heavy atom. The van der Waals surface area contributed by atoms with Crippen molar-refractivity contribution in [3.05, 3.63) is 29.8 Å². The fourth-order valence-electron chi connectivity index (χ4n) is 1.29. The number of carbonyl (C=O) groups is 1. The van der Waals surface area contributed by atoms with Gasteiger partial charge in [-0.3, -0.25) is 5.73 Å². The minimum atomic E-state index is -1.43. The zero-order valence-electron chi connectivity index (χ0n) is 10.9. The average molecular weight is 253 g/mol. The van der Waals surface area contributed by atoms with E-state index >= 15 is 0 Å². The van der Waals surface area contributed by atoms with Gasteiger partial charge in [-0.15, -0.1) is 0 Å². The molecule has 1 aromatic carbocycles. The van der Waals surface area contributed by atoms with Crippen LogP contribution in [0, 0.1) is 0 Å². The smallest absolute Gasteiger partial charge is 0.353 e. The molecule has 0 saturated heterocycles. The number of rotatable bonds is 6. The zero-order valence-corrected chi connectivity index (χ0v) is 10.9. The summed E-state index contributed by atoms with van der Waals surface area (Å²) in [5, 5.41) is 0. The Kier molecular flexibility index (Phi) is 5.12. The van der Waals surface area contributed by atoms with E-state index in [0.29, 0.717) is 0 Å². The second-order valence-corrected chi connectivity index (χ2v) is 3.96. The second kappa shape index (κ2) is 6.37. The summed E-state index contributed by atoms with van der Waals surface area (Å²) in [4.78, 5) is 11.5. The lowest BCUT2D eigenvalue weighted by Crippen LogP contribution is -2.48. The first kappa shape index (κ1) is 14.5. The lowest BCUT2D eigenvalue weighted by atomic mass is 10.2. The van der Waals surface area contributed by atoms with Gasteiger partial charge in [0.05, 0.1) is 20.3 Å². The Labute approximate surface area is 107 Å². The number of ether oxygens (including phenoxy) is 3. The number of esters is 1. The molecule has 100 valence electrons. The minimum Gasteiger partial charge on any atom is -0.497 e. The molecule has 1 rings (SSSR count). The van der Waals surface area contributed by atoms with Crippen LogP contribution in [0.25, 0.3) is 0 Å². The van der Waals surface area contributed by atoms with Gasteiger partial charge in [-0.05, 0) is 31.5 Å². The third kappa shape index (κ3) is 4.01. The van der Waals surface area contributed by atoms with Crippen molar-refractivity contribution in [1.29, 1.82) is 0 Å². The van der Waals surface area contributed by atoms with E-state index in [2.05, 4.69) is 0 Å². The molecule has 5 nitrogen and oxygen atoms in total. The molecule has 0 bridgehead atoms. The molecule has 18 heavy (non-hydrogen) atoms. The van der Waals surface area contributed by atoms with Crippen LogP contribution in [0.5, 0.6) is 5.75 Å². The van der Waals surface area contributed by atoms with E-state index in [9.17, 15) is 4.79 Å². The maximum atomic E-state index is 11.5. The van der Waals surface area contributed by atoms with Gasteiger partial charge < -0.3 is 14.2 Å². The molecular weight excluding hydrogens is 234 g/mol. The molecule has 0 heterocycles. The number of benzene rings is 1. The highest BCUT2D eigenvalue weighted by Crippen LogP contribution is 2.14. The fraction of sp³-hybridized carbons (Fsp3) is 0.462. The van der Waals surface area contributed by atoms with Crippen LogP contribution in [0.1, 0.15) is 19.4 Å². The zero-order chi connectivity index (χ0) is 13.6. The van der Waals surface area contributed by atoms with Crippen LogP contribution < -0.4 is 10.5 Å². The SMILES string of the molecule is CCOC(=O)[C@](C)(N)OCc1ccc(OC)cc1. The van der Waals surface area contributed by atoms with Gasteiger partial charge >= 0.3 is 5.97 Å². The Hall–Kier alpha value is -1.59. The van der Waals surface area contributed by atoms with E-state index in [4.69, 9.17) is 19.9 Å². The molecule has 2 N–H and O–H groups in total. The highest BCUT2D eigenvalue weighted by molar-refractivity contribution is 5.78. The van der Waals surface area contributed by atoms with E-state index in [1.165, 1.54) is 6.92 Å². The molecule has 5 heteroatoms. The van der Waals surface area contributed by atoms with Crippen LogP contribution in [0.3, 0.4) is 0 Å². The topological polar surface area (TPSA) is 70.8 Å². The molecule has 0 aromatic heterocycles. The number of carbonyl (C=O) groups excluding carboxylic acids is 1. The summed E-state index contributed by atoms with van der Waals surface area (Å²) in [6, 6.07) is 7.33. The molecule has 0 spiro atoms. The molecule has 0 unspecified atom stereocenters. The van der Waals surface area contributed by atoms with Crippen molar-refractivity contribution in [2.45, 2.75) is 26.2 Å². The monoisotopic (exact) mass is 253 g/mol. The van der Waals surface area contributed by atoms with E-state index in [1.807, 2.05) is 24.3 Å². The predicted octanol–water partition coefficient (Wildman–Crippen LogP) is 1.45. The van der Waals surface area contributed by atoms with E-state index < -0.39 is 11.7 Å². The largest absolute Gasteiger partial charge is 0.497 e. The molecule has 0 saturated carbocycles. The summed E-state index contributed by atoms with van der Waals surface area (Å²) >= 11 is 0. The van der Waals surface area contributed by atoms with Crippen molar-refractivity contribution >= 4 is 5.97 Å². The minimum absolute atomic E-state index is 0.232. The van der Waals surface area contributed by atoms with E-state index in [-0.39, 0.29) is 13.2 Å². The number of nitrogens with two attached hydrogens (primary N) is 1. The van der Waals surface area contributed by atoms with Crippen LogP contribution >= 0.6 is 0 Å². The Morgan fingerprint density at radius 3 is 2.44 bits per heavy atom. The van der Waals surface area contributed by atoms with Crippen molar-refractivity contribution in [2.75, 3.05) is 13.7 Å². The van der Waals surface area contributed by atoms with Gasteiger partial charge in [0.15, 0.2) is 0 Å². The van der Waals surface area contributed by atoms with Gasteiger partial charge in [0.2, 0.25) is 5.72 Å². The number of hydrogen-bond donors (Lipinski definition) is 1. The third-order valence-corrected chi connectivity index (χ3v) is 2.38. The van der Waals surface area contributed by atoms with Crippen LogP contribution in [0.15, 0.2) is 24.3 Å². The first-order chi connectivity index (χ1) is 8.49. The van der Waals surface area contributed by atoms with Gasteiger partial charge in [0, 0.05) is 0 Å². The molecule has 0 amide bonds. The first-order valence-corrected chi connectivity index (χ1v) is 5.72. The maximum absolute atomic E-state index is 11.5. The molecule has 1 aromatic rings. The Morgan fingerprint density at radius 2 is 1.94 bits per heavy atom. The highest BCUT2D eigenvalue weighted by atomic mass is 16.6. The number of methoxy groups -OCH3 is 1. The summed E-state index contributed by atoms with van der Waals surface area (Å²) in [6.07, 6.45) is 0. The van der Waals surface area contributed by atoms with Gasteiger partial charge in [-0.1, -0.05) is 12.1 Å². The van der Waals surface area contributed by atoms with Crippen molar-refractivity contribution in [3.63, 3.8) is 0 Å². The quantitative estimate of drug-likeness (QED) is 0.613. The van der Waals surface area contributed by atoms with Crippen LogP contribution in [-0.2, 0) is 20.9 Å². The summed E-state index contributed by atoms with van der Waals surface area (Å²) in [5.41, 5.74) is 5.19. The fourth-order valence-corrected chi connectivity index (χ4v) is 1.29. The number of hydrogen-bond acceptors (Lipinski definition) is 5. The average Bonchev–Trinajstić information content (AvgIpc) is 2.37. The highest BCUT2D eigenvalue weighted by Gasteiger charge is 2.30. The summed E-state index contributed by atoms with van der Waals surface area (Å²) in [5.74, 6) is 0.193. The van der Waals surface area contributed by atoms with Gasteiger partial charge in [-0.25, -0.2) is 4.79 Å². The molecule has 1 atom stereocenters. The van der Waals surface area contributed by atoms with Gasteiger partial charge in [0.1, 0.15) is 5.75 Å². The molecular formula is C13H19NO4. The maximum Gasteiger partial charge on any atom is 0.353 e. The lowest BCUT2D eigenvalue weighted by Gasteiger charge is -2.22. The predicted molar refractivity (Wildman–Crippen MR) is 67.0 cm³/mol. The van der Waals surface area contributed by atoms with Gasteiger partial charge in [-0.2, -0.15) is 0 Å². The standard InChI is InChI=1S/C13H19NO4/c1-4-17-12(15)13(2,14)18-9-10-5-7-11(16-3)8-6-10/h5-8H,4,9,14H2,1-3H3/t13-/m1/s1. The Balaban J connectivity index is 2.55. The van der Waals surface area contributed by atoms with Gasteiger partial charge in [0.25, 0.3) is 0 Å². The van der Waals surface area contributed by atoms with Crippen LogP contribution in [-0.4, -0.2) is 25.4 Å². The summed E-state index contributed by atoms with van der Waals surface area (Å²) in [6.45, 7) is 3.71. The molecule has 0 aliphatic heterocycles. The van der Waals surface area contributed by atoms with Crippen molar-refractivity contribution < 1.29 is 19.0 Å². The van der Waals surface area contributed by atoms with E-state index in [1.54, 1.807) is 14.0 Å². The second-order valence-electron chi connectivity index (χ2n) is 3.96.